The van der Waals surface area contributed by atoms with Gasteiger partial charge in [0.2, 0.25) is 0 Å². The molecule has 2 heterocycles. The molecular weight excluding hydrogens is 635 g/mol. The molecule has 8 rings (SSSR count). The molecule has 0 spiro atoms. The van der Waals surface area contributed by atoms with Crippen LogP contribution in [0, 0.1) is 45.8 Å². The topological polar surface area (TPSA) is 79.5 Å². The molecule has 1 aliphatic heterocycles. The van der Waals surface area contributed by atoms with Gasteiger partial charge in [-0.05, 0) is 96.7 Å². The van der Waals surface area contributed by atoms with Crippen molar-refractivity contribution >= 4 is 38.8 Å². The van der Waals surface area contributed by atoms with Crippen LogP contribution >= 0.6 is 0 Å². The van der Waals surface area contributed by atoms with E-state index in [0.717, 1.165) is 68.4 Å². The number of hydrogen-bond acceptors (Lipinski definition) is 4. The first-order valence-corrected chi connectivity index (χ1v) is 17.9. The van der Waals surface area contributed by atoms with Crippen LogP contribution in [-0.2, 0) is 0 Å². The van der Waals surface area contributed by atoms with Crippen LogP contribution in [0.3, 0.4) is 0 Å². The number of nitriles is 3. The fraction of sp³-hybridized carbons (Fsp3) is 0.170. The van der Waals surface area contributed by atoms with Crippen LogP contribution in [-0.4, -0.2) is 10.6 Å². The van der Waals surface area contributed by atoms with Gasteiger partial charge in [-0.3, -0.25) is 0 Å². The first-order valence-electron chi connectivity index (χ1n) is 17.9. The van der Waals surface area contributed by atoms with Crippen LogP contribution in [0.5, 0.6) is 0 Å². The summed E-state index contributed by atoms with van der Waals surface area (Å²) in [6, 6.07) is 30.2. The van der Waals surface area contributed by atoms with E-state index in [2.05, 4.69) is 163 Å². The zero-order valence-electron chi connectivity index (χ0n) is 29.3. The number of anilines is 1. The van der Waals surface area contributed by atoms with Crippen molar-refractivity contribution in [2.24, 2.45) is 11.8 Å². The van der Waals surface area contributed by atoms with Gasteiger partial charge in [-0.1, -0.05) is 85.9 Å². The fourth-order valence-electron chi connectivity index (χ4n) is 8.16. The van der Waals surface area contributed by atoms with Gasteiger partial charge in [0, 0.05) is 51.7 Å². The molecule has 1 aromatic heterocycles. The molecule has 0 radical (unpaired) electrons. The summed E-state index contributed by atoms with van der Waals surface area (Å²) in [7, 11) is 0. The fourth-order valence-corrected chi connectivity index (χ4v) is 8.16. The molecule has 3 aliphatic carbocycles. The molecule has 0 N–H and O–H groups in total. The Labute approximate surface area is 305 Å². The van der Waals surface area contributed by atoms with Crippen LogP contribution < -0.4 is 4.90 Å². The van der Waals surface area contributed by atoms with E-state index in [4.69, 9.17) is 0 Å². The molecule has 4 aromatic rings. The number of rotatable bonds is 6. The lowest BCUT2D eigenvalue weighted by atomic mass is 9.83. The van der Waals surface area contributed by atoms with Crippen LogP contribution in [0.1, 0.15) is 44.2 Å². The van der Waals surface area contributed by atoms with Gasteiger partial charge in [0.05, 0.1) is 46.4 Å². The lowest BCUT2D eigenvalue weighted by Gasteiger charge is -2.30. The van der Waals surface area contributed by atoms with Gasteiger partial charge in [-0.15, -0.1) is 0 Å². The Balaban J connectivity index is 1.20. The smallest absolute Gasteiger partial charge is 0.0994 e. The van der Waals surface area contributed by atoms with E-state index in [0.29, 0.717) is 17.6 Å². The largest absolute Gasteiger partial charge is 0.333 e. The third-order valence-electron chi connectivity index (χ3n) is 10.7. The van der Waals surface area contributed by atoms with Crippen LogP contribution in [0.25, 0.3) is 33.1 Å². The number of para-hydroxylation sites is 1. The average Bonchev–Trinajstić information content (AvgIpc) is 3.59. The standard InChI is InChI=1S/C47H37N5/c1-3-4-13-43(52-45-15-8-6-12-39(45)42-26-33(29-49)17-24-47(42)52)31(2)35-18-19-36(30-50)40(27-35)34-20-22-37(23-21-34)51-44-14-7-5-11-38(44)41-25-32(28-48)10-9-16-46(41)51/h4-9,11-17,19-27,35,38,44H,3,10,18H2,1-2H3/b13-4-,43-31-. The number of fused-ring (bicyclic) bond motifs is 5. The van der Waals surface area contributed by atoms with Crippen molar-refractivity contribution in [3.05, 3.63) is 173 Å². The molecule has 250 valence electrons. The quantitative estimate of drug-likeness (QED) is 0.191. The van der Waals surface area contributed by atoms with Crippen molar-refractivity contribution in [1.82, 2.24) is 4.57 Å². The van der Waals surface area contributed by atoms with Crippen LogP contribution in [0.2, 0.25) is 0 Å². The predicted octanol–water partition coefficient (Wildman–Crippen LogP) is 11.0. The Morgan fingerprint density at radius 1 is 0.904 bits per heavy atom. The van der Waals surface area contributed by atoms with Gasteiger partial charge in [-0.25, -0.2) is 0 Å². The highest BCUT2D eigenvalue weighted by atomic mass is 15.2. The Morgan fingerprint density at radius 2 is 1.71 bits per heavy atom. The maximum absolute atomic E-state index is 10.3. The van der Waals surface area contributed by atoms with Gasteiger partial charge >= 0.3 is 0 Å². The normalized spacial score (nSPS) is 21.2. The van der Waals surface area contributed by atoms with E-state index in [-0.39, 0.29) is 17.9 Å². The number of nitrogens with zero attached hydrogens (tertiary/aromatic N) is 5. The van der Waals surface area contributed by atoms with Gasteiger partial charge < -0.3 is 9.47 Å². The molecule has 0 bridgehead atoms. The van der Waals surface area contributed by atoms with Gasteiger partial charge in [0.25, 0.3) is 0 Å². The van der Waals surface area contributed by atoms with E-state index in [1.165, 1.54) is 11.1 Å². The molecule has 0 amide bonds. The Hall–Kier alpha value is -6.61. The molecule has 4 aliphatic rings. The second kappa shape index (κ2) is 13.6. The third-order valence-corrected chi connectivity index (χ3v) is 10.7. The van der Waals surface area contributed by atoms with Crippen molar-refractivity contribution in [3.63, 3.8) is 0 Å². The van der Waals surface area contributed by atoms with Crippen molar-refractivity contribution in [2.45, 2.75) is 39.2 Å². The van der Waals surface area contributed by atoms with Crippen molar-refractivity contribution < 1.29 is 0 Å². The molecule has 0 fully saturated rings. The third kappa shape index (κ3) is 5.47. The van der Waals surface area contributed by atoms with Crippen molar-refractivity contribution in [2.75, 3.05) is 4.90 Å². The van der Waals surface area contributed by atoms with Gasteiger partial charge in [-0.2, -0.15) is 15.8 Å². The second-order valence-electron chi connectivity index (χ2n) is 13.7. The maximum Gasteiger partial charge on any atom is 0.0994 e. The summed E-state index contributed by atoms with van der Waals surface area (Å²) in [5.41, 5.74) is 11.9. The molecule has 5 heteroatoms. The molecule has 3 aromatic carbocycles. The van der Waals surface area contributed by atoms with E-state index >= 15 is 0 Å². The van der Waals surface area contributed by atoms with Gasteiger partial charge in [0.15, 0.2) is 0 Å². The number of allylic oxidation sites excluding steroid dienone is 14. The van der Waals surface area contributed by atoms with Crippen molar-refractivity contribution in [1.29, 1.82) is 15.8 Å². The highest BCUT2D eigenvalue weighted by Gasteiger charge is 2.38. The first kappa shape index (κ1) is 32.6. The molecule has 0 saturated heterocycles. The summed E-state index contributed by atoms with van der Waals surface area (Å²) in [4.78, 5) is 2.38. The maximum atomic E-state index is 10.3. The predicted molar refractivity (Wildman–Crippen MR) is 211 cm³/mol. The Bertz CT molecular complexity index is 2550. The Morgan fingerprint density at radius 3 is 2.50 bits per heavy atom. The number of benzene rings is 3. The highest BCUT2D eigenvalue weighted by molar-refractivity contribution is 6.11. The minimum atomic E-state index is 0.0707. The summed E-state index contributed by atoms with van der Waals surface area (Å²) in [6.07, 6.45) is 26.0. The van der Waals surface area contributed by atoms with E-state index in [1.807, 2.05) is 12.1 Å². The second-order valence-corrected chi connectivity index (χ2v) is 13.7. The lowest BCUT2D eigenvalue weighted by molar-refractivity contribution is 0.684. The van der Waals surface area contributed by atoms with Crippen LogP contribution in [0.15, 0.2) is 162 Å². The highest BCUT2D eigenvalue weighted by Crippen LogP contribution is 2.44. The molecule has 52 heavy (non-hydrogen) atoms. The van der Waals surface area contributed by atoms with E-state index < -0.39 is 0 Å². The summed E-state index contributed by atoms with van der Waals surface area (Å²) >= 11 is 0. The van der Waals surface area contributed by atoms with Gasteiger partial charge in [0.1, 0.15) is 0 Å². The summed E-state index contributed by atoms with van der Waals surface area (Å²) in [5.74, 6) is 0.246. The van der Waals surface area contributed by atoms with Crippen molar-refractivity contribution in [3.8, 4) is 18.2 Å². The zero-order chi connectivity index (χ0) is 35.8. The van der Waals surface area contributed by atoms with E-state index in [1.54, 1.807) is 0 Å². The molecular formula is C47H37N5. The summed E-state index contributed by atoms with van der Waals surface area (Å²) in [6.45, 7) is 4.35. The van der Waals surface area contributed by atoms with Crippen LogP contribution in [0.4, 0.5) is 5.69 Å². The number of aromatic nitrogens is 1. The first-order chi connectivity index (χ1) is 25.5. The number of hydrogen-bond donors (Lipinski definition) is 0. The minimum absolute atomic E-state index is 0.0707. The summed E-state index contributed by atoms with van der Waals surface area (Å²) in [5, 5.41) is 31.8. The molecule has 3 atom stereocenters. The molecule has 0 saturated carbocycles. The SMILES string of the molecule is CC/C=C\C(=C(/C)C1C=C(c2ccc(N3C4=C(C=C(C#N)CC=C4)C4C=CC=CC43)cc2)C(C#N)=CC1)n1c2ccccc2c2cc(C#N)ccc21. The monoisotopic (exact) mass is 671 g/mol. The summed E-state index contributed by atoms with van der Waals surface area (Å²) < 4.78 is 2.33. The Kier molecular flexibility index (Phi) is 8.52. The minimum Gasteiger partial charge on any atom is -0.333 e. The molecule has 5 nitrogen and oxygen atoms in total. The average molecular weight is 672 g/mol. The van der Waals surface area contributed by atoms with E-state index in [9.17, 15) is 15.8 Å². The molecule has 3 unspecified atom stereocenters. The zero-order valence-corrected chi connectivity index (χ0v) is 29.3. The lowest BCUT2D eigenvalue weighted by Crippen LogP contribution is -2.32.